The number of aromatic nitrogens is 1. The average molecular weight is 201 g/mol. The summed E-state index contributed by atoms with van der Waals surface area (Å²) >= 11 is 0. The van der Waals surface area contributed by atoms with Crippen LogP contribution in [-0.4, -0.2) is 4.98 Å². The first-order chi connectivity index (χ1) is 7.15. The average Bonchev–Trinajstić information content (AvgIpc) is 2.23. The number of nitriles is 1. The van der Waals surface area contributed by atoms with Crippen LogP contribution in [0, 0.1) is 24.1 Å². The van der Waals surface area contributed by atoms with E-state index in [0.29, 0.717) is 11.1 Å². The van der Waals surface area contributed by atoms with Crippen molar-refractivity contribution in [3.8, 4) is 6.07 Å². The van der Waals surface area contributed by atoms with E-state index in [2.05, 4.69) is 4.98 Å². The summed E-state index contributed by atoms with van der Waals surface area (Å²) in [4.78, 5) is 3.90. The van der Waals surface area contributed by atoms with Crippen molar-refractivity contribution in [3.05, 3.63) is 35.3 Å². The molecule has 0 atom stereocenters. The maximum atomic E-state index is 13.4. The van der Waals surface area contributed by atoms with E-state index in [4.69, 9.17) is 11.0 Å². The molecular weight excluding hydrogens is 193 g/mol. The Bertz CT molecular complexity index is 584. The normalized spacial score (nSPS) is 10.2. The molecule has 0 aliphatic carbocycles. The summed E-state index contributed by atoms with van der Waals surface area (Å²) in [7, 11) is 0. The maximum absolute atomic E-state index is 13.4. The van der Waals surface area contributed by atoms with E-state index in [1.165, 1.54) is 12.3 Å². The number of nitrogens with zero attached hydrogens (tertiary/aromatic N) is 2. The molecule has 1 heterocycles. The third-order valence-corrected chi connectivity index (χ3v) is 2.34. The van der Waals surface area contributed by atoms with Crippen LogP contribution < -0.4 is 5.73 Å². The molecule has 1 aromatic heterocycles. The van der Waals surface area contributed by atoms with Gasteiger partial charge in [-0.05, 0) is 18.6 Å². The number of halogens is 1. The number of rotatable bonds is 0. The van der Waals surface area contributed by atoms with Crippen LogP contribution in [0.15, 0.2) is 18.3 Å². The monoisotopic (exact) mass is 201 g/mol. The van der Waals surface area contributed by atoms with E-state index in [-0.39, 0.29) is 11.1 Å². The zero-order valence-corrected chi connectivity index (χ0v) is 8.08. The Balaban J connectivity index is 3.00. The van der Waals surface area contributed by atoms with Gasteiger partial charge in [-0.25, -0.2) is 4.39 Å². The van der Waals surface area contributed by atoms with Gasteiger partial charge in [0, 0.05) is 11.6 Å². The number of aryl methyl sites for hydroxylation is 1. The molecule has 0 aliphatic heterocycles. The Morgan fingerprint density at radius 2 is 2.20 bits per heavy atom. The largest absolute Gasteiger partial charge is 0.397 e. The minimum Gasteiger partial charge on any atom is -0.397 e. The second kappa shape index (κ2) is 3.21. The van der Waals surface area contributed by atoms with Gasteiger partial charge >= 0.3 is 0 Å². The lowest BCUT2D eigenvalue weighted by molar-refractivity contribution is 0.636. The van der Waals surface area contributed by atoms with Crippen LogP contribution in [0.1, 0.15) is 11.1 Å². The molecule has 2 rings (SSSR count). The van der Waals surface area contributed by atoms with Crippen LogP contribution in [0.25, 0.3) is 10.9 Å². The molecular formula is C11H8FN3. The van der Waals surface area contributed by atoms with Gasteiger partial charge in [-0.15, -0.1) is 0 Å². The van der Waals surface area contributed by atoms with Crippen molar-refractivity contribution in [2.75, 3.05) is 5.73 Å². The Morgan fingerprint density at radius 3 is 2.87 bits per heavy atom. The second-order valence-corrected chi connectivity index (χ2v) is 3.29. The van der Waals surface area contributed by atoms with E-state index in [0.717, 1.165) is 5.56 Å². The van der Waals surface area contributed by atoms with Crippen LogP contribution in [0.4, 0.5) is 10.1 Å². The minimum atomic E-state index is -0.424. The standard InChI is InChI=1S/C11H8FN3/c1-6-2-3-8(12)11-9(6)10(14)7(4-13)5-15-11/h2-3,5H,1H3,(H2,14,15). The predicted octanol–water partition coefficient (Wildman–Crippen LogP) is 2.14. The highest BCUT2D eigenvalue weighted by Crippen LogP contribution is 2.27. The zero-order chi connectivity index (χ0) is 11.0. The van der Waals surface area contributed by atoms with Gasteiger partial charge in [0.15, 0.2) is 0 Å². The van der Waals surface area contributed by atoms with Gasteiger partial charge in [-0.3, -0.25) is 4.98 Å². The molecule has 2 N–H and O–H groups in total. The topological polar surface area (TPSA) is 62.7 Å². The van der Waals surface area contributed by atoms with Gasteiger partial charge < -0.3 is 5.73 Å². The van der Waals surface area contributed by atoms with Crippen LogP contribution in [0.3, 0.4) is 0 Å². The van der Waals surface area contributed by atoms with Gasteiger partial charge in [0.2, 0.25) is 0 Å². The molecule has 0 radical (unpaired) electrons. The molecule has 74 valence electrons. The molecule has 4 heteroatoms. The Hall–Kier alpha value is -2.15. The third kappa shape index (κ3) is 1.29. The summed E-state index contributed by atoms with van der Waals surface area (Å²) in [5.74, 6) is -0.424. The summed E-state index contributed by atoms with van der Waals surface area (Å²) in [6.07, 6.45) is 1.29. The van der Waals surface area contributed by atoms with Crippen LogP contribution in [0.5, 0.6) is 0 Å². The highest BCUT2D eigenvalue weighted by molar-refractivity contribution is 5.95. The molecule has 1 aromatic carbocycles. The summed E-state index contributed by atoms with van der Waals surface area (Å²) in [6, 6.07) is 4.89. The third-order valence-electron chi connectivity index (χ3n) is 2.34. The predicted molar refractivity (Wildman–Crippen MR) is 55.6 cm³/mol. The number of anilines is 1. The molecule has 0 saturated carbocycles. The molecule has 0 amide bonds. The summed E-state index contributed by atoms with van der Waals surface area (Å²) in [5.41, 5.74) is 7.36. The molecule has 3 nitrogen and oxygen atoms in total. The summed E-state index contributed by atoms with van der Waals surface area (Å²) in [5, 5.41) is 9.30. The second-order valence-electron chi connectivity index (χ2n) is 3.29. The fourth-order valence-electron chi connectivity index (χ4n) is 1.56. The molecule has 0 bridgehead atoms. The summed E-state index contributed by atoms with van der Waals surface area (Å²) < 4.78 is 13.4. The van der Waals surface area contributed by atoms with E-state index in [1.54, 1.807) is 13.0 Å². The molecule has 0 aliphatic rings. The molecule has 0 saturated heterocycles. The van der Waals surface area contributed by atoms with Gasteiger partial charge in [0.25, 0.3) is 0 Å². The Labute approximate surface area is 86.0 Å². The van der Waals surface area contributed by atoms with Gasteiger partial charge in [0.1, 0.15) is 17.4 Å². The van der Waals surface area contributed by atoms with E-state index in [9.17, 15) is 4.39 Å². The van der Waals surface area contributed by atoms with Crippen molar-refractivity contribution in [2.24, 2.45) is 0 Å². The van der Waals surface area contributed by atoms with Crippen molar-refractivity contribution in [1.29, 1.82) is 5.26 Å². The number of benzene rings is 1. The SMILES string of the molecule is Cc1ccc(F)c2ncc(C#N)c(N)c12. The highest BCUT2D eigenvalue weighted by Gasteiger charge is 2.10. The smallest absolute Gasteiger partial charge is 0.149 e. The number of pyridine rings is 1. The van der Waals surface area contributed by atoms with E-state index in [1.807, 2.05) is 6.07 Å². The van der Waals surface area contributed by atoms with Gasteiger partial charge in [-0.1, -0.05) is 6.07 Å². The molecule has 0 unspecified atom stereocenters. The van der Waals surface area contributed by atoms with Crippen molar-refractivity contribution >= 4 is 16.6 Å². The van der Waals surface area contributed by atoms with Crippen molar-refractivity contribution in [3.63, 3.8) is 0 Å². The quantitative estimate of drug-likeness (QED) is 0.710. The Kier molecular flexibility index (Phi) is 2.01. The fraction of sp³-hybridized carbons (Fsp3) is 0.0909. The first kappa shape index (κ1) is 9.41. The van der Waals surface area contributed by atoms with E-state index < -0.39 is 5.82 Å². The van der Waals surface area contributed by atoms with E-state index >= 15 is 0 Å². The zero-order valence-electron chi connectivity index (χ0n) is 8.08. The van der Waals surface area contributed by atoms with Crippen LogP contribution >= 0.6 is 0 Å². The van der Waals surface area contributed by atoms with Crippen molar-refractivity contribution < 1.29 is 4.39 Å². The number of nitrogens with two attached hydrogens (primary N) is 1. The number of hydrogen-bond donors (Lipinski definition) is 1. The van der Waals surface area contributed by atoms with Gasteiger partial charge in [-0.2, -0.15) is 5.26 Å². The van der Waals surface area contributed by atoms with Crippen molar-refractivity contribution in [2.45, 2.75) is 6.92 Å². The Morgan fingerprint density at radius 1 is 1.47 bits per heavy atom. The van der Waals surface area contributed by atoms with Crippen molar-refractivity contribution in [1.82, 2.24) is 4.98 Å². The van der Waals surface area contributed by atoms with Gasteiger partial charge in [0.05, 0.1) is 11.3 Å². The highest BCUT2D eigenvalue weighted by atomic mass is 19.1. The van der Waals surface area contributed by atoms with Crippen LogP contribution in [0.2, 0.25) is 0 Å². The number of nitrogen functional groups attached to an aromatic ring is 1. The fourth-order valence-corrected chi connectivity index (χ4v) is 1.56. The lowest BCUT2D eigenvalue weighted by atomic mass is 10.1. The number of fused-ring (bicyclic) bond motifs is 1. The maximum Gasteiger partial charge on any atom is 0.149 e. The first-order valence-electron chi connectivity index (χ1n) is 4.38. The lowest BCUT2D eigenvalue weighted by Gasteiger charge is -2.06. The molecule has 0 fully saturated rings. The molecule has 0 spiro atoms. The number of hydrogen-bond acceptors (Lipinski definition) is 3. The minimum absolute atomic E-state index is 0.214. The lowest BCUT2D eigenvalue weighted by Crippen LogP contribution is -1.97. The molecule has 15 heavy (non-hydrogen) atoms. The van der Waals surface area contributed by atoms with Crippen LogP contribution in [-0.2, 0) is 0 Å². The molecule has 2 aromatic rings. The summed E-state index contributed by atoms with van der Waals surface area (Å²) in [6.45, 7) is 1.81. The first-order valence-corrected chi connectivity index (χ1v) is 4.38.